The van der Waals surface area contributed by atoms with E-state index in [1.165, 1.54) is 37.3 Å². The van der Waals surface area contributed by atoms with E-state index in [1.54, 1.807) is 6.07 Å². The van der Waals surface area contributed by atoms with E-state index in [0.29, 0.717) is 5.56 Å². The second-order valence-corrected chi connectivity index (χ2v) is 8.39. The molecule has 1 atom stereocenters. The first-order valence-corrected chi connectivity index (χ1v) is 10.7. The molecule has 1 unspecified atom stereocenters. The Morgan fingerprint density at radius 2 is 1.79 bits per heavy atom. The molecule has 3 rings (SSSR count). The molecule has 0 fully saturated rings. The van der Waals surface area contributed by atoms with Gasteiger partial charge in [-0.3, -0.25) is 14.2 Å². The van der Waals surface area contributed by atoms with Gasteiger partial charge in [-0.2, -0.15) is 23.7 Å². The van der Waals surface area contributed by atoms with Gasteiger partial charge in [0.1, 0.15) is 12.1 Å². The summed E-state index contributed by atoms with van der Waals surface area (Å²) in [5, 5.41) is 19.9. The number of benzene rings is 2. The summed E-state index contributed by atoms with van der Waals surface area (Å²) in [6.07, 6.45) is -4.68. The molecule has 0 aliphatic carbocycles. The summed E-state index contributed by atoms with van der Waals surface area (Å²) in [4.78, 5) is 26.0. The lowest BCUT2D eigenvalue weighted by atomic mass is 10.1. The average Bonchev–Trinajstić information content (AvgIpc) is 2.82. The van der Waals surface area contributed by atoms with Crippen molar-refractivity contribution in [1.82, 2.24) is 9.88 Å². The van der Waals surface area contributed by atoms with Gasteiger partial charge >= 0.3 is 6.18 Å². The number of pyridine rings is 1. The maximum Gasteiger partial charge on any atom is 0.416 e. The highest BCUT2D eigenvalue weighted by molar-refractivity contribution is 7.85. The fraction of sp³-hybridized carbons (Fsp3) is 0.130. The molecule has 0 saturated heterocycles. The highest BCUT2D eigenvalue weighted by atomic mass is 32.2. The van der Waals surface area contributed by atoms with E-state index < -0.39 is 46.1 Å². The molecule has 3 aromatic rings. The molecule has 0 saturated carbocycles. The van der Waals surface area contributed by atoms with Crippen LogP contribution in [-0.2, 0) is 17.0 Å². The third-order valence-electron chi connectivity index (χ3n) is 4.80. The third kappa shape index (κ3) is 4.90. The highest BCUT2D eigenvalue weighted by Gasteiger charge is 2.31. The number of hydrogen-bond acceptors (Lipinski definition) is 5. The van der Waals surface area contributed by atoms with E-state index in [9.17, 15) is 27.0 Å². The molecular formula is C23H15F3N4O3S. The predicted molar refractivity (Wildman–Crippen MR) is 116 cm³/mol. The predicted octanol–water partition coefficient (Wildman–Crippen LogP) is 3.46. The van der Waals surface area contributed by atoms with Gasteiger partial charge in [0.2, 0.25) is 0 Å². The molecule has 172 valence electrons. The number of rotatable bonds is 5. The van der Waals surface area contributed by atoms with Crippen molar-refractivity contribution in [3.05, 3.63) is 87.3 Å². The van der Waals surface area contributed by atoms with Crippen LogP contribution in [0.15, 0.2) is 69.2 Å². The molecule has 0 aliphatic rings. The fourth-order valence-corrected chi connectivity index (χ4v) is 4.38. The number of nitrogens with one attached hydrogen (secondary N) is 1. The molecule has 11 heteroatoms. The third-order valence-corrected chi connectivity index (χ3v) is 6.32. The van der Waals surface area contributed by atoms with Gasteiger partial charge in [0.05, 0.1) is 39.0 Å². The first-order valence-electron chi connectivity index (χ1n) is 9.60. The van der Waals surface area contributed by atoms with Gasteiger partial charge in [-0.15, -0.1) is 0 Å². The lowest BCUT2D eigenvalue weighted by Crippen LogP contribution is -2.34. The monoisotopic (exact) mass is 484 g/mol. The summed E-state index contributed by atoms with van der Waals surface area (Å²) in [7, 11) is -1.95. The number of hydrogen-bond donors (Lipinski definition) is 1. The van der Waals surface area contributed by atoms with Crippen molar-refractivity contribution in [1.29, 1.82) is 10.5 Å². The smallest absolute Gasteiger partial charge is 0.339 e. The van der Waals surface area contributed by atoms with Crippen LogP contribution < -0.4 is 10.9 Å². The van der Waals surface area contributed by atoms with Crippen LogP contribution in [0.25, 0.3) is 5.69 Å². The van der Waals surface area contributed by atoms with E-state index in [4.69, 9.17) is 10.5 Å². The minimum Gasteiger partial charge on any atom is -0.339 e. The number of carbonyl (C=O) groups excluding carboxylic acids is 1. The van der Waals surface area contributed by atoms with Gasteiger partial charge < -0.3 is 5.32 Å². The van der Waals surface area contributed by atoms with E-state index >= 15 is 0 Å². The van der Waals surface area contributed by atoms with E-state index in [1.807, 2.05) is 6.07 Å². The van der Waals surface area contributed by atoms with Crippen molar-refractivity contribution in [2.75, 3.05) is 6.54 Å². The largest absolute Gasteiger partial charge is 0.416 e. The quantitative estimate of drug-likeness (QED) is 0.557. The fourth-order valence-electron chi connectivity index (χ4n) is 3.16. The van der Waals surface area contributed by atoms with Crippen LogP contribution in [0.4, 0.5) is 13.2 Å². The second kappa shape index (κ2) is 9.73. The van der Waals surface area contributed by atoms with E-state index in [2.05, 4.69) is 5.32 Å². The molecule has 1 aromatic heterocycles. The van der Waals surface area contributed by atoms with E-state index in [0.717, 1.165) is 28.8 Å². The molecule has 1 heterocycles. The molecule has 0 aliphatic heterocycles. The van der Waals surface area contributed by atoms with Crippen molar-refractivity contribution in [3.8, 4) is 17.8 Å². The summed E-state index contributed by atoms with van der Waals surface area (Å²) >= 11 is 0. The first kappa shape index (κ1) is 24.4. The summed E-state index contributed by atoms with van der Waals surface area (Å²) in [6, 6.07) is 14.4. The van der Waals surface area contributed by atoms with Crippen molar-refractivity contribution >= 4 is 16.7 Å². The Hall–Kier alpha value is -4.22. The SMILES string of the molecule is Cc1c(S(=O)c2ccc(C#N)cc2)cc(C(=O)NCC#N)c(=O)n1-c1cccc(C(F)(F)F)c1. The summed E-state index contributed by atoms with van der Waals surface area (Å²) < 4.78 is 54.0. The normalized spacial score (nSPS) is 11.8. The molecule has 0 spiro atoms. The number of nitriles is 2. The van der Waals surface area contributed by atoms with Crippen molar-refractivity contribution in [2.45, 2.75) is 22.9 Å². The van der Waals surface area contributed by atoms with Gasteiger partial charge in [-0.05, 0) is 55.5 Å². The van der Waals surface area contributed by atoms with E-state index in [-0.39, 0.29) is 21.2 Å². The van der Waals surface area contributed by atoms with Crippen molar-refractivity contribution in [3.63, 3.8) is 0 Å². The van der Waals surface area contributed by atoms with Gasteiger partial charge in [0.15, 0.2) is 0 Å². The molecule has 7 nitrogen and oxygen atoms in total. The zero-order valence-electron chi connectivity index (χ0n) is 17.5. The lowest BCUT2D eigenvalue weighted by molar-refractivity contribution is -0.137. The maximum atomic E-state index is 13.3. The molecule has 34 heavy (non-hydrogen) atoms. The van der Waals surface area contributed by atoms with Gasteiger partial charge in [-0.1, -0.05) is 6.07 Å². The Labute approximate surface area is 194 Å². The van der Waals surface area contributed by atoms with Crippen LogP contribution in [-0.4, -0.2) is 21.2 Å². The topological polar surface area (TPSA) is 116 Å². The van der Waals surface area contributed by atoms with Crippen LogP contribution in [0.1, 0.15) is 27.2 Å². The Morgan fingerprint density at radius 1 is 1.12 bits per heavy atom. The second-order valence-electron chi connectivity index (χ2n) is 6.94. The summed E-state index contributed by atoms with van der Waals surface area (Å²) in [5.41, 5.74) is -2.23. The first-order chi connectivity index (χ1) is 16.1. The number of carbonyl (C=O) groups is 1. The number of amides is 1. The van der Waals surface area contributed by atoms with Gasteiger partial charge in [-0.25, -0.2) is 4.21 Å². The van der Waals surface area contributed by atoms with Crippen molar-refractivity contribution < 1.29 is 22.2 Å². The van der Waals surface area contributed by atoms with Crippen molar-refractivity contribution in [2.24, 2.45) is 0 Å². The van der Waals surface area contributed by atoms with Crippen LogP contribution in [0, 0.1) is 29.6 Å². The molecular weight excluding hydrogens is 469 g/mol. The number of aromatic nitrogens is 1. The molecule has 2 aromatic carbocycles. The van der Waals surface area contributed by atoms with Gasteiger partial charge in [0, 0.05) is 16.3 Å². The Balaban J connectivity index is 2.28. The number of alkyl halides is 3. The summed E-state index contributed by atoms with van der Waals surface area (Å²) in [5.74, 6) is -0.939. The number of nitrogens with zero attached hydrogens (tertiary/aromatic N) is 3. The standard InChI is InChI=1S/C23H15F3N4O3S/c1-14-20(34(33)18-7-5-15(13-28)6-8-18)12-19(21(31)29-10-9-27)22(32)30(14)17-4-2-3-16(11-17)23(24,25)26/h2-8,11-12H,10H2,1H3,(H,29,31). The van der Waals surface area contributed by atoms with Crippen LogP contribution in [0.2, 0.25) is 0 Å². The summed E-state index contributed by atoms with van der Waals surface area (Å²) in [6.45, 7) is 0.985. The Kier molecular flexibility index (Phi) is 6.99. The Morgan fingerprint density at radius 3 is 2.38 bits per heavy atom. The minimum atomic E-state index is -4.68. The highest BCUT2D eigenvalue weighted by Crippen LogP contribution is 2.31. The lowest BCUT2D eigenvalue weighted by Gasteiger charge is -2.17. The zero-order chi connectivity index (χ0) is 25.0. The Bertz CT molecular complexity index is 1430. The zero-order valence-corrected chi connectivity index (χ0v) is 18.3. The molecule has 0 bridgehead atoms. The molecule has 1 N–H and O–H groups in total. The van der Waals surface area contributed by atoms with Crippen LogP contribution in [0.5, 0.6) is 0 Å². The van der Waals surface area contributed by atoms with Crippen LogP contribution in [0.3, 0.4) is 0 Å². The molecule has 0 radical (unpaired) electrons. The molecule has 1 amide bonds. The van der Waals surface area contributed by atoms with Crippen LogP contribution >= 0.6 is 0 Å². The number of halogens is 3. The minimum absolute atomic E-state index is 0.00354. The van der Waals surface area contributed by atoms with Gasteiger partial charge in [0.25, 0.3) is 11.5 Å². The maximum absolute atomic E-state index is 13.3. The average molecular weight is 484 g/mol.